The van der Waals surface area contributed by atoms with Crippen molar-refractivity contribution in [3.63, 3.8) is 0 Å². The molecule has 0 bridgehead atoms. The van der Waals surface area contributed by atoms with Crippen LogP contribution in [0.25, 0.3) is 39.7 Å². The molecule has 4 heterocycles. The Bertz CT molecular complexity index is 2690. The van der Waals surface area contributed by atoms with Gasteiger partial charge in [-0.05, 0) is 72.0 Å². The van der Waals surface area contributed by atoms with E-state index in [4.69, 9.17) is 26.1 Å². The summed E-state index contributed by atoms with van der Waals surface area (Å²) in [6, 6.07) is 34.6. The molecule has 7 nitrogen and oxygen atoms in total. The first-order valence-corrected chi connectivity index (χ1v) is 16.8. The van der Waals surface area contributed by atoms with Gasteiger partial charge < -0.3 is 4.42 Å². The van der Waals surface area contributed by atoms with Crippen LogP contribution in [0.2, 0.25) is 5.02 Å². The van der Waals surface area contributed by atoms with Crippen molar-refractivity contribution in [3.8, 4) is 16.9 Å². The monoisotopic (exact) mass is 664 g/mol. The molecule has 48 heavy (non-hydrogen) atoms. The summed E-state index contributed by atoms with van der Waals surface area (Å²) < 4.78 is 9.71. The molecule has 0 amide bonds. The second kappa shape index (κ2) is 11.3. The zero-order valence-corrected chi connectivity index (χ0v) is 26.9. The number of benzene rings is 4. The van der Waals surface area contributed by atoms with Crippen molar-refractivity contribution < 1.29 is 4.42 Å². The van der Waals surface area contributed by atoms with Gasteiger partial charge in [0.25, 0.3) is 5.56 Å². The molecule has 232 valence electrons. The van der Waals surface area contributed by atoms with E-state index in [1.165, 1.54) is 16.9 Å². The number of fused-ring (bicyclic) bond motifs is 4. The third-order valence-corrected chi connectivity index (χ3v) is 10.2. The molecule has 0 fully saturated rings. The minimum absolute atomic E-state index is 0.159. The van der Waals surface area contributed by atoms with Gasteiger partial charge in [-0.15, -0.1) is 0 Å². The van der Waals surface area contributed by atoms with E-state index in [1.54, 1.807) is 21.4 Å². The topological polar surface area (TPSA) is 82.4 Å². The number of halogens is 1. The van der Waals surface area contributed by atoms with E-state index in [0.717, 1.165) is 46.3 Å². The van der Waals surface area contributed by atoms with E-state index in [0.29, 0.717) is 36.8 Å². The van der Waals surface area contributed by atoms with E-state index < -0.39 is 5.63 Å². The van der Waals surface area contributed by atoms with Crippen LogP contribution < -0.4 is 20.5 Å². The number of hydrogen-bond donors (Lipinski definition) is 0. The molecule has 1 aliphatic carbocycles. The lowest BCUT2D eigenvalue weighted by Crippen LogP contribution is -2.38. The maximum atomic E-state index is 14.5. The first-order chi connectivity index (χ1) is 23.5. The van der Waals surface area contributed by atoms with Crippen LogP contribution in [0.5, 0.6) is 0 Å². The lowest BCUT2D eigenvalue weighted by atomic mass is 9.83. The van der Waals surface area contributed by atoms with Crippen LogP contribution in [0.4, 0.5) is 0 Å². The van der Waals surface area contributed by atoms with Crippen LogP contribution in [0, 0.1) is 0 Å². The normalized spacial score (nSPS) is 15.6. The van der Waals surface area contributed by atoms with Crippen molar-refractivity contribution in [1.82, 2.24) is 14.3 Å². The van der Waals surface area contributed by atoms with E-state index in [9.17, 15) is 9.59 Å². The summed E-state index contributed by atoms with van der Waals surface area (Å²) >= 11 is 7.63. The summed E-state index contributed by atoms with van der Waals surface area (Å²) in [7, 11) is 0. The fourth-order valence-electron chi connectivity index (χ4n) is 6.75. The quantitative estimate of drug-likeness (QED) is 0.191. The second-order valence-corrected chi connectivity index (χ2v) is 13.3. The average Bonchev–Trinajstić information content (AvgIpc) is 3.68. The molecule has 4 aromatic carbocycles. The van der Waals surface area contributed by atoms with Gasteiger partial charge in [0, 0.05) is 27.7 Å². The highest BCUT2D eigenvalue weighted by Crippen LogP contribution is 2.41. The highest BCUT2D eigenvalue weighted by Gasteiger charge is 2.32. The Labute approximate surface area is 282 Å². The Balaban J connectivity index is 1.28. The Hall–Kier alpha value is -5.57. The maximum Gasteiger partial charge on any atom is 0.345 e. The molecule has 1 aliphatic heterocycles. The molecule has 9 heteroatoms. The summed E-state index contributed by atoms with van der Waals surface area (Å²) in [5.41, 5.74) is 7.37. The summed E-state index contributed by atoms with van der Waals surface area (Å²) in [5.74, 6) is 0. The van der Waals surface area contributed by atoms with Crippen LogP contribution in [0.1, 0.15) is 34.7 Å². The van der Waals surface area contributed by atoms with E-state index in [2.05, 4.69) is 18.2 Å². The molecule has 2 aliphatic rings. The summed E-state index contributed by atoms with van der Waals surface area (Å²) in [6.07, 6.45) is 5.32. The number of aryl methyl sites for hydroxylation is 1. The zero-order chi connectivity index (χ0) is 32.4. The molecule has 1 atom stereocenters. The lowest BCUT2D eigenvalue weighted by Gasteiger charge is -2.30. The molecule has 0 N–H and O–H groups in total. The third kappa shape index (κ3) is 4.72. The van der Waals surface area contributed by atoms with Crippen LogP contribution in [-0.4, -0.2) is 14.3 Å². The van der Waals surface area contributed by atoms with E-state index in [-0.39, 0.29) is 11.6 Å². The van der Waals surface area contributed by atoms with Gasteiger partial charge in [0.1, 0.15) is 11.3 Å². The Kier molecular flexibility index (Phi) is 6.74. The van der Waals surface area contributed by atoms with E-state index in [1.807, 2.05) is 91.1 Å². The predicted molar refractivity (Wildman–Crippen MR) is 189 cm³/mol. The van der Waals surface area contributed by atoms with Crippen molar-refractivity contribution in [3.05, 3.63) is 178 Å². The predicted octanol–water partition coefficient (Wildman–Crippen LogP) is 6.93. The van der Waals surface area contributed by atoms with Gasteiger partial charge in [0.05, 0.1) is 27.5 Å². The van der Waals surface area contributed by atoms with Crippen molar-refractivity contribution >= 4 is 45.7 Å². The molecule has 9 rings (SSSR count). The molecule has 1 unspecified atom stereocenters. The maximum absolute atomic E-state index is 14.5. The summed E-state index contributed by atoms with van der Waals surface area (Å²) in [5, 5.41) is 6.27. The first kappa shape index (κ1) is 28.6. The smallest absolute Gasteiger partial charge is 0.345 e. The fourth-order valence-corrected chi connectivity index (χ4v) is 7.87. The minimum atomic E-state index is -0.503. The fraction of sp³-hybridized carbons (Fsp3) is 0.0769. The van der Waals surface area contributed by atoms with Gasteiger partial charge in [-0.1, -0.05) is 95.7 Å². The highest BCUT2D eigenvalue weighted by atomic mass is 35.5. The lowest BCUT2D eigenvalue weighted by molar-refractivity contribution is 0.563. The molecule has 0 saturated heterocycles. The Morgan fingerprint density at radius 3 is 2.48 bits per heavy atom. The number of thiazole rings is 1. The number of aromatic nitrogens is 3. The first-order valence-electron chi connectivity index (χ1n) is 15.6. The van der Waals surface area contributed by atoms with Crippen LogP contribution >= 0.6 is 22.9 Å². The van der Waals surface area contributed by atoms with Gasteiger partial charge in [0.2, 0.25) is 0 Å². The Morgan fingerprint density at radius 2 is 1.62 bits per heavy atom. The molecule has 0 spiro atoms. The SMILES string of the molecule is O=c1oc2ccccc2cc1-c1nn(-c2ccccc2)cc1C=c1sc2n(c1=O)C(c1ccc(Cl)cc1)C1=C(N=2)c2ccccc2CC1. The van der Waals surface area contributed by atoms with Gasteiger partial charge in [-0.2, -0.15) is 5.10 Å². The van der Waals surface area contributed by atoms with Crippen molar-refractivity contribution in [2.24, 2.45) is 4.99 Å². The summed E-state index contributed by atoms with van der Waals surface area (Å²) in [6.45, 7) is 0. The molecule has 3 aromatic heterocycles. The van der Waals surface area contributed by atoms with Crippen molar-refractivity contribution in [2.45, 2.75) is 18.9 Å². The van der Waals surface area contributed by atoms with Crippen molar-refractivity contribution in [1.29, 1.82) is 0 Å². The van der Waals surface area contributed by atoms with Crippen LogP contribution in [-0.2, 0) is 6.42 Å². The number of nitrogens with zero attached hydrogens (tertiary/aromatic N) is 4. The number of rotatable bonds is 4. The highest BCUT2D eigenvalue weighted by molar-refractivity contribution is 7.07. The van der Waals surface area contributed by atoms with Crippen LogP contribution in [0.15, 0.2) is 140 Å². The minimum Gasteiger partial charge on any atom is -0.422 e. The molecular formula is C39H25ClN4O3S. The molecule has 0 saturated carbocycles. The standard InChI is InChI=1S/C39H25ClN4O3S/c40-27-17-14-24(15-18-27)36-30-19-16-23-8-4-6-12-29(23)35(30)41-39-44(36)37(45)33(48-39)21-26-22-43(28-10-2-1-3-11-28)42-34(26)31-20-25-9-5-7-13-32(25)47-38(31)46/h1-15,17-18,20-22,36H,16,19H2. The molecule has 7 aromatic rings. The Morgan fingerprint density at radius 1 is 0.854 bits per heavy atom. The van der Waals surface area contributed by atoms with Gasteiger partial charge in [0.15, 0.2) is 4.80 Å². The third-order valence-electron chi connectivity index (χ3n) is 9.01. The zero-order valence-electron chi connectivity index (χ0n) is 25.3. The van der Waals surface area contributed by atoms with E-state index >= 15 is 0 Å². The molecule has 0 radical (unpaired) electrons. The second-order valence-electron chi connectivity index (χ2n) is 11.9. The van der Waals surface area contributed by atoms with Gasteiger partial charge in [-0.3, -0.25) is 9.36 Å². The summed E-state index contributed by atoms with van der Waals surface area (Å²) in [4.78, 5) is 33.6. The number of allylic oxidation sites excluding steroid dienone is 1. The van der Waals surface area contributed by atoms with Crippen LogP contribution in [0.3, 0.4) is 0 Å². The number of hydrogen-bond acceptors (Lipinski definition) is 6. The van der Waals surface area contributed by atoms with Gasteiger partial charge in [-0.25, -0.2) is 14.5 Å². The van der Waals surface area contributed by atoms with Crippen molar-refractivity contribution in [2.75, 3.05) is 0 Å². The van der Waals surface area contributed by atoms with Gasteiger partial charge >= 0.3 is 5.63 Å². The average molecular weight is 665 g/mol. The largest absolute Gasteiger partial charge is 0.422 e. The molecular weight excluding hydrogens is 640 g/mol. The number of para-hydroxylation sites is 2.